The average Bonchev–Trinajstić information content (AvgIpc) is 3.67. The third-order valence-electron chi connectivity index (χ3n) is 11.0. The van der Waals surface area contributed by atoms with Crippen LogP contribution in [-0.4, -0.2) is 85.2 Å². The Bertz CT molecular complexity index is 1730. The second-order valence-electron chi connectivity index (χ2n) is 14.0. The number of aromatic nitrogens is 1. The minimum atomic E-state index is -3.94. The van der Waals surface area contributed by atoms with Gasteiger partial charge in [0.1, 0.15) is 0 Å². The van der Waals surface area contributed by atoms with Crippen molar-refractivity contribution in [3.8, 4) is 11.3 Å². The van der Waals surface area contributed by atoms with E-state index >= 15 is 0 Å². The molecule has 0 unspecified atom stereocenters. The predicted molar refractivity (Wildman–Crippen MR) is 181 cm³/mol. The van der Waals surface area contributed by atoms with Crippen LogP contribution in [-0.2, 0) is 28.0 Å². The van der Waals surface area contributed by atoms with Crippen molar-refractivity contribution in [2.45, 2.75) is 82.7 Å². The molecule has 1 aliphatic carbocycles. The number of nitrogens with zero attached hydrogens (tertiary/aromatic N) is 4. The zero-order valence-corrected chi connectivity index (χ0v) is 28.0. The number of likely N-dealkylation sites (tertiary alicyclic amines) is 2. The van der Waals surface area contributed by atoms with Crippen LogP contribution in [0.25, 0.3) is 22.2 Å². The summed E-state index contributed by atoms with van der Waals surface area (Å²) in [5, 5.41) is 1.10. The van der Waals surface area contributed by atoms with Gasteiger partial charge >= 0.3 is 10.2 Å². The van der Waals surface area contributed by atoms with E-state index in [1.165, 1.54) is 81.7 Å². The van der Waals surface area contributed by atoms with Gasteiger partial charge in [0.05, 0.1) is 11.6 Å². The van der Waals surface area contributed by atoms with Crippen LogP contribution in [0.3, 0.4) is 0 Å². The quantitative estimate of drug-likeness (QED) is 0.400. The van der Waals surface area contributed by atoms with E-state index in [0.29, 0.717) is 24.9 Å². The van der Waals surface area contributed by atoms with E-state index in [0.717, 1.165) is 54.0 Å². The normalized spacial score (nSPS) is 21.7. The van der Waals surface area contributed by atoms with Crippen LogP contribution in [0.2, 0.25) is 0 Å². The maximum absolute atomic E-state index is 14.4. The summed E-state index contributed by atoms with van der Waals surface area (Å²) in [6, 6.07) is 14.7. The highest BCUT2D eigenvalue weighted by Gasteiger charge is 2.36. The standard InChI is InChI=1S/C36H47N5O4S/c1-38(2)46(44,45)37-35(42)27-14-15-31-32(23-27)41-24-28(36(43)40-20-16-29(17-21-40)39-18-8-9-19-39)22-26-12-6-7-13-30(26)34(41)33(31)25-10-4-3-5-11-25/h6-7,12-15,23,25,28-29H,3-5,8-11,16-22,24H2,1-2H3,(H,37,42)/t28-/m0/s1. The Morgan fingerprint density at radius 3 is 2.30 bits per heavy atom. The van der Waals surface area contributed by atoms with Crippen molar-refractivity contribution in [1.82, 2.24) is 23.4 Å². The van der Waals surface area contributed by atoms with E-state index < -0.39 is 16.1 Å². The van der Waals surface area contributed by atoms with Gasteiger partial charge in [-0.2, -0.15) is 12.7 Å². The third kappa shape index (κ3) is 5.88. The zero-order chi connectivity index (χ0) is 32.0. The van der Waals surface area contributed by atoms with Gasteiger partial charge in [0, 0.05) is 61.8 Å². The Kier molecular flexibility index (Phi) is 8.71. The molecular weight excluding hydrogens is 598 g/mol. The molecule has 9 nitrogen and oxygen atoms in total. The summed E-state index contributed by atoms with van der Waals surface area (Å²) in [5.74, 6) is -0.277. The molecule has 7 rings (SSSR count). The first kappa shape index (κ1) is 31.4. The first-order valence-electron chi connectivity index (χ1n) is 17.2. The van der Waals surface area contributed by atoms with Crippen LogP contribution in [0.4, 0.5) is 0 Å². The molecule has 0 radical (unpaired) electrons. The maximum atomic E-state index is 14.4. The molecule has 4 aliphatic rings. The second kappa shape index (κ2) is 12.8. The van der Waals surface area contributed by atoms with Crippen LogP contribution < -0.4 is 4.72 Å². The van der Waals surface area contributed by atoms with Gasteiger partial charge in [0.2, 0.25) is 5.91 Å². The first-order chi connectivity index (χ1) is 22.2. The molecule has 0 spiro atoms. The number of carbonyl (C=O) groups excluding carboxylic acids is 2. The van der Waals surface area contributed by atoms with Crippen LogP contribution in [0.15, 0.2) is 42.5 Å². The summed E-state index contributed by atoms with van der Waals surface area (Å²) in [7, 11) is -1.15. The minimum absolute atomic E-state index is 0.217. The molecule has 3 aliphatic heterocycles. The number of amides is 2. The van der Waals surface area contributed by atoms with Gasteiger partial charge in [-0.1, -0.05) is 49.6 Å². The Hall–Kier alpha value is -3.21. The zero-order valence-electron chi connectivity index (χ0n) is 27.2. The third-order valence-corrected chi connectivity index (χ3v) is 12.4. The van der Waals surface area contributed by atoms with E-state index in [1.807, 2.05) is 12.1 Å². The Balaban J connectivity index is 1.29. The van der Waals surface area contributed by atoms with Crippen LogP contribution in [0.5, 0.6) is 0 Å². The summed E-state index contributed by atoms with van der Waals surface area (Å²) in [6.07, 6.45) is 11.2. The van der Waals surface area contributed by atoms with Gasteiger partial charge in [-0.25, -0.2) is 4.72 Å². The predicted octanol–water partition coefficient (Wildman–Crippen LogP) is 5.15. The van der Waals surface area contributed by atoms with E-state index in [9.17, 15) is 18.0 Å². The molecule has 10 heteroatoms. The largest absolute Gasteiger partial charge is 0.342 e. The molecule has 2 aromatic carbocycles. The van der Waals surface area contributed by atoms with E-state index in [2.05, 4.69) is 43.4 Å². The molecule has 3 fully saturated rings. The number of hydrogen-bond acceptors (Lipinski definition) is 5. The molecule has 1 saturated carbocycles. The van der Waals surface area contributed by atoms with Gasteiger partial charge in [-0.15, -0.1) is 0 Å². The molecule has 3 aromatic rings. The molecule has 0 bridgehead atoms. The van der Waals surface area contributed by atoms with Gasteiger partial charge < -0.3 is 14.4 Å². The Morgan fingerprint density at radius 2 is 1.59 bits per heavy atom. The van der Waals surface area contributed by atoms with Gasteiger partial charge in [-0.05, 0) is 87.2 Å². The number of carbonyl (C=O) groups is 2. The molecule has 2 amide bonds. The monoisotopic (exact) mass is 645 g/mol. The summed E-state index contributed by atoms with van der Waals surface area (Å²) in [4.78, 5) is 32.3. The minimum Gasteiger partial charge on any atom is -0.342 e. The topological polar surface area (TPSA) is 95.0 Å². The maximum Gasteiger partial charge on any atom is 0.303 e. The fraction of sp³-hybridized carbons (Fsp3) is 0.556. The molecule has 4 heterocycles. The van der Waals surface area contributed by atoms with Crippen molar-refractivity contribution in [3.05, 3.63) is 59.2 Å². The van der Waals surface area contributed by atoms with Crippen molar-refractivity contribution in [3.63, 3.8) is 0 Å². The van der Waals surface area contributed by atoms with E-state index in [4.69, 9.17) is 0 Å². The lowest BCUT2D eigenvalue weighted by Crippen LogP contribution is -2.48. The Labute approximate surface area is 273 Å². The van der Waals surface area contributed by atoms with Crippen molar-refractivity contribution in [2.75, 3.05) is 40.3 Å². The highest BCUT2D eigenvalue weighted by molar-refractivity contribution is 7.87. The summed E-state index contributed by atoms with van der Waals surface area (Å²) >= 11 is 0. The molecule has 2 saturated heterocycles. The van der Waals surface area contributed by atoms with Crippen LogP contribution in [0, 0.1) is 5.92 Å². The molecule has 1 N–H and O–H groups in total. The van der Waals surface area contributed by atoms with Crippen LogP contribution >= 0.6 is 0 Å². The molecular formula is C36H47N5O4S. The lowest BCUT2D eigenvalue weighted by Gasteiger charge is -2.38. The summed E-state index contributed by atoms with van der Waals surface area (Å²) in [5.41, 5.74) is 6.03. The van der Waals surface area contributed by atoms with Crippen molar-refractivity contribution < 1.29 is 18.0 Å². The number of nitrogens with one attached hydrogen (secondary N) is 1. The first-order valence-corrected chi connectivity index (χ1v) is 18.7. The highest BCUT2D eigenvalue weighted by Crippen LogP contribution is 2.47. The van der Waals surface area contributed by atoms with E-state index in [-0.39, 0.29) is 17.4 Å². The lowest BCUT2D eigenvalue weighted by atomic mass is 9.81. The number of hydrogen-bond donors (Lipinski definition) is 1. The van der Waals surface area contributed by atoms with Crippen molar-refractivity contribution >= 4 is 32.9 Å². The van der Waals surface area contributed by atoms with Gasteiger partial charge in [0.25, 0.3) is 5.91 Å². The lowest BCUT2D eigenvalue weighted by molar-refractivity contribution is -0.137. The number of fused-ring (bicyclic) bond motifs is 5. The number of rotatable bonds is 6. The van der Waals surface area contributed by atoms with Crippen LogP contribution in [0.1, 0.15) is 85.2 Å². The average molecular weight is 646 g/mol. The molecule has 1 aromatic heterocycles. The van der Waals surface area contributed by atoms with E-state index in [1.54, 1.807) is 6.07 Å². The fourth-order valence-electron chi connectivity index (χ4n) is 8.53. The van der Waals surface area contributed by atoms with Crippen molar-refractivity contribution in [1.29, 1.82) is 0 Å². The molecule has 1 atom stereocenters. The van der Waals surface area contributed by atoms with Crippen molar-refractivity contribution in [2.24, 2.45) is 5.92 Å². The molecule has 246 valence electrons. The number of benzene rings is 2. The smallest absolute Gasteiger partial charge is 0.303 e. The second-order valence-corrected chi connectivity index (χ2v) is 15.9. The van der Waals surface area contributed by atoms with Gasteiger partial charge in [0.15, 0.2) is 0 Å². The highest BCUT2D eigenvalue weighted by atomic mass is 32.2. The summed E-state index contributed by atoms with van der Waals surface area (Å²) in [6.45, 7) is 4.50. The molecule has 46 heavy (non-hydrogen) atoms. The number of piperidine rings is 1. The van der Waals surface area contributed by atoms with Gasteiger partial charge in [-0.3, -0.25) is 9.59 Å². The SMILES string of the molecule is CN(C)S(=O)(=O)NC(=O)c1ccc2c(C3CCCCC3)c3n(c2c1)C[C@@H](C(=O)N1CCC(N2CCCC2)CC1)Cc1ccccc1-3. The fourth-order valence-corrected chi connectivity index (χ4v) is 9.07. The Morgan fingerprint density at radius 1 is 0.870 bits per heavy atom. The summed E-state index contributed by atoms with van der Waals surface area (Å²) < 4.78 is 30.5.